The summed E-state index contributed by atoms with van der Waals surface area (Å²) >= 11 is 0. The third-order valence-corrected chi connectivity index (χ3v) is 5.22. The summed E-state index contributed by atoms with van der Waals surface area (Å²) in [4.78, 5) is 12.1. The first-order valence-electron chi connectivity index (χ1n) is 9.05. The number of phenols is 1. The Bertz CT molecular complexity index is 799. The van der Waals surface area contributed by atoms with E-state index < -0.39 is 36.8 Å². The van der Waals surface area contributed by atoms with Crippen LogP contribution in [0.4, 0.5) is 0 Å². The zero-order valence-electron chi connectivity index (χ0n) is 15.1. The van der Waals surface area contributed by atoms with Crippen molar-refractivity contribution in [2.24, 2.45) is 0 Å². The smallest absolute Gasteiger partial charge is 0.195 e. The van der Waals surface area contributed by atoms with Crippen molar-refractivity contribution in [3.8, 4) is 5.75 Å². The van der Waals surface area contributed by atoms with Gasteiger partial charge in [0.15, 0.2) is 11.6 Å². The van der Waals surface area contributed by atoms with E-state index in [1.165, 1.54) is 0 Å². The average Bonchev–Trinajstić information content (AvgIpc) is 2.69. The maximum absolute atomic E-state index is 12.1. The van der Waals surface area contributed by atoms with Crippen LogP contribution in [0.2, 0.25) is 0 Å². The number of aliphatic hydroxyl groups is 5. The lowest BCUT2D eigenvalue weighted by molar-refractivity contribution is -0.351. The molecule has 0 unspecified atom stereocenters. The Morgan fingerprint density at radius 3 is 2.61 bits per heavy atom. The van der Waals surface area contributed by atoms with Crippen molar-refractivity contribution in [3.63, 3.8) is 0 Å². The van der Waals surface area contributed by atoms with Crippen LogP contribution in [-0.2, 0) is 16.0 Å². The number of hydrogen-bond acceptors (Lipinski definition) is 8. The predicted molar refractivity (Wildman–Crippen MR) is 98.1 cm³/mol. The number of Topliss-reactive ketones (excluding diaryl/α,β-unsaturated/α-hetero) is 1. The van der Waals surface area contributed by atoms with Crippen LogP contribution in [0.15, 0.2) is 36.4 Å². The molecule has 8 nitrogen and oxygen atoms in total. The van der Waals surface area contributed by atoms with Gasteiger partial charge in [-0.05, 0) is 12.0 Å². The van der Waals surface area contributed by atoms with E-state index in [4.69, 9.17) is 4.74 Å². The Morgan fingerprint density at radius 1 is 1.18 bits per heavy atom. The minimum absolute atomic E-state index is 0.0471. The van der Waals surface area contributed by atoms with Crippen molar-refractivity contribution in [2.75, 3.05) is 6.61 Å². The maximum Gasteiger partial charge on any atom is 0.195 e. The van der Waals surface area contributed by atoms with Crippen molar-refractivity contribution in [3.05, 3.63) is 47.6 Å². The quantitative estimate of drug-likeness (QED) is 0.389. The minimum atomic E-state index is -2.23. The lowest BCUT2D eigenvalue weighted by Crippen LogP contribution is -2.65. The van der Waals surface area contributed by atoms with Gasteiger partial charge in [-0.1, -0.05) is 36.4 Å². The molecule has 2 aliphatic rings. The van der Waals surface area contributed by atoms with Crippen molar-refractivity contribution in [1.82, 2.24) is 0 Å². The number of ether oxygens (including phenoxy) is 1. The van der Waals surface area contributed by atoms with Crippen molar-refractivity contribution in [1.29, 1.82) is 0 Å². The molecule has 0 bridgehead atoms. The van der Waals surface area contributed by atoms with Gasteiger partial charge >= 0.3 is 0 Å². The van der Waals surface area contributed by atoms with Crippen molar-refractivity contribution in [2.45, 2.75) is 49.5 Å². The summed E-state index contributed by atoms with van der Waals surface area (Å²) in [7, 11) is 0. The van der Waals surface area contributed by atoms with E-state index in [1.54, 1.807) is 36.4 Å². The monoisotopic (exact) mass is 392 g/mol. The molecule has 1 aromatic rings. The second-order valence-electron chi connectivity index (χ2n) is 7.06. The lowest BCUT2D eigenvalue weighted by atomic mass is 9.88. The zero-order chi connectivity index (χ0) is 20.5. The van der Waals surface area contributed by atoms with E-state index in [0.29, 0.717) is 16.7 Å². The summed E-state index contributed by atoms with van der Waals surface area (Å²) in [6.07, 6.45) is -1.16. The first kappa shape index (κ1) is 20.7. The van der Waals surface area contributed by atoms with Crippen LogP contribution in [0, 0.1) is 0 Å². The van der Waals surface area contributed by atoms with Gasteiger partial charge in [-0.2, -0.15) is 0 Å². The number of carbonyl (C=O) groups excluding carboxylic acids is 1. The second kappa shape index (κ2) is 8.12. The largest absolute Gasteiger partial charge is 0.507 e. The number of ketones is 1. The fourth-order valence-electron chi connectivity index (χ4n) is 3.53. The number of phenolic OH excluding ortho intramolecular Hbond substituents is 1. The summed E-state index contributed by atoms with van der Waals surface area (Å²) < 4.78 is 5.23. The van der Waals surface area contributed by atoms with Crippen molar-refractivity contribution >= 4 is 11.4 Å². The third-order valence-electron chi connectivity index (χ3n) is 5.22. The van der Waals surface area contributed by atoms with Gasteiger partial charge in [0.2, 0.25) is 0 Å². The average molecular weight is 392 g/mol. The number of para-hydroxylation sites is 1. The van der Waals surface area contributed by atoms with Crippen LogP contribution in [-0.4, -0.2) is 73.2 Å². The molecule has 1 aromatic carbocycles. The molecule has 1 aliphatic heterocycles. The predicted octanol–water partition coefficient (Wildman–Crippen LogP) is -0.600. The SMILES string of the molecule is O=C1CC=CC=C1c1cccc(CC[C@@]2(O)O[C@H](CO)[C@H](O)[C@H](O)[C@H]2O)c1O. The van der Waals surface area contributed by atoms with Crippen LogP contribution in [0.5, 0.6) is 5.75 Å². The summed E-state index contributed by atoms with van der Waals surface area (Å²) in [5, 5.41) is 60.3. The molecule has 1 aliphatic carbocycles. The number of rotatable bonds is 5. The van der Waals surface area contributed by atoms with Crippen LogP contribution in [0.25, 0.3) is 5.57 Å². The van der Waals surface area contributed by atoms with Gasteiger partial charge in [0.1, 0.15) is 30.2 Å². The highest BCUT2D eigenvalue weighted by molar-refractivity contribution is 6.23. The molecule has 0 amide bonds. The highest BCUT2D eigenvalue weighted by Crippen LogP contribution is 2.35. The molecule has 28 heavy (non-hydrogen) atoms. The molecule has 0 aromatic heterocycles. The normalized spacial score (nSPS) is 33.0. The number of carbonyl (C=O) groups is 1. The second-order valence-corrected chi connectivity index (χ2v) is 7.06. The topological polar surface area (TPSA) is 148 Å². The van der Waals surface area contributed by atoms with Crippen molar-refractivity contribution < 1.29 is 40.2 Å². The fourth-order valence-corrected chi connectivity index (χ4v) is 3.53. The molecule has 8 heteroatoms. The zero-order valence-corrected chi connectivity index (χ0v) is 15.1. The molecule has 1 heterocycles. The number of aryl methyl sites for hydroxylation is 1. The molecule has 1 fully saturated rings. The van der Waals surface area contributed by atoms with E-state index in [-0.39, 0.29) is 30.8 Å². The Morgan fingerprint density at radius 2 is 1.93 bits per heavy atom. The molecule has 6 N–H and O–H groups in total. The maximum atomic E-state index is 12.1. The van der Waals surface area contributed by atoms with Gasteiger partial charge in [-0.3, -0.25) is 4.79 Å². The van der Waals surface area contributed by atoms with Gasteiger partial charge in [-0.15, -0.1) is 0 Å². The van der Waals surface area contributed by atoms with Crippen LogP contribution < -0.4 is 0 Å². The third kappa shape index (κ3) is 3.75. The van der Waals surface area contributed by atoms with E-state index in [0.717, 1.165) is 0 Å². The van der Waals surface area contributed by atoms with Crippen LogP contribution in [0.3, 0.4) is 0 Å². The number of aromatic hydroxyl groups is 1. The van der Waals surface area contributed by atoms with E-state index in [2.05, 4.69) is 0 Å². The molecule has 0 saturated carbocycles. The summed E-state index contributed by atoms with van der Waals surface area (Å²) in [5.74, 6) is -2.47. The summed E-state index contributed by atoms with van der Waals surface area (Å²) in [6, 6.07) is 4.88. The van der Waals surface area contributed by atoms with Gasteiger partial charge in [0.05, 0.1) is 6.61 Å². The molecule has 0 radical (unpaired) electrons. The first-order valence-corrected chi connectivity index (χ1v) is 9.05. The number of aliphatic hydroxyl groups excluding tert-OH is 4. The Hall–Kier alpha value is -2.07. The standard InChI is InChI=1S/C20H24O8/c21-10-15-17(24)18(25)19(26)20(27,28-15)9-8-11-4-3-6-13(16(11)23)12-5-1-2-7-14(12)22/h1-6,15,17-19,21,23-27H,7-10H2/t15-,17+,18+,19-,20-/m1/s1. The minimum Gasteiger partial charge on any atom is -0.507 e. The molecular formula is C20H24O8. The highest BCUT2D eigenvalue weighted by Gasteiger charge is 2.52. The highest BCUT2D eigenvalue weighted by atomic mass is 16.7. The van der Waals surface area contributed by atoms with Crippen LogP contribution >= 0.6 is 0 Å². The Balaban J connectivity index is 1.81. The molecule has 3 rings (SSSR count). The van der Waals surface area contributed by atoms with E-state index >= 15 is 0 Å². The van der Waals surface area contributed by atoms with Crippen LogP contribution in [0.1, 0.15) is 24.0 Å². The van der Waals surface area contributed by atoms with Gasteiger partial charge in [0, 0.05) is 24.0 Å². The Labute approximate surface area is 161 Å². The van der Waals surface area contributed by atoms with E-state index in [9.17, 15) is 35.4 Å². The van der Waals surface area contributed by atoms with E-state index in [1.807, 2.05) is 0 Å². The number of benzene rings is 1. The fraction of sp³-hybridized carbons (Fsp3) is 0.450. The lowest BCUT2D eigenvalue weighted by Gasteiger charge is -2.45. The number of hydrogen-bond donors (Lipinski definition) is 6. The molecule has 5 atom stereocenters. The number of allylic oxidation sites excluding steroid dienone is 4. The van der Waals surface area contributed by atoms with Gasteiger partial charge < -0.3 is 35.4 Å². The first-order chi connectivity index (χ1) is 13.3. The van der Waals surface area contributed by atoms with Gasteiger partial charge in [0.25, 0.3) is 0 Å². The Kier molecular flexibility index (Phi) is 5.99. The molecule has 152 valence electrons. The molecular weight excluding hydrogens is 368 g/mol. The molecule has 1 saturated heterocycles. The molecule has 0 spiro atoms. The summed E-state index contributed by atoms with van der Waals surface area (Å²) in [6.45, 7) is -0.655. The van der Waals surface area contributed by atoms with Gasteiger partial charge in [-0.25, -0.2) is 0 Å². The summed E-state index contributed by atoms with van der Waals surface area (Å²) in [5.41, 5.74) is 1.16.